The van der Waals surface area contributed by atoms with Gasteiger partial charge < -0.3 is 19.7 Å². The third-order valence-electron chi connectivity index (χ3n) is 1.77. The van der Waals surface area contributed by atoms with Crippen LogP contribution in [-0.2, 0) is 0 Å². The summed E-state index contributed by atoms with van der Waals surface area (Å²) >= 11 is 0. The molecule has 5 heteroatoms. The van der Waals surface area contributed by atoms with Gasteiger partial charge in [-0.25, -0.2) is 0 Å². The number of rotatable bonds is 3. The van der Waals surface area contributed by atoms with Gasteiger partial charge in [0.2, 0.25) is 11.5 Å². The summed E-state index contributed by atoms with van der Waals surface area (Å²) in [4.78, 5) is 10.5. The molecule has 0 saturated heterocycles. The number of methoxy groups -OCH3 is 2. The molecule has 0 aliphatic carbocycles. The maximum atomic E-state index is 10.5. The zero-order chi connectivity index (χ0) is 10.7. The third kappa shape index (κ3) is 1.44. The molecule has 0 heterocycles. The Hall–Kier alpha value is -1.91. The Bertz CT molecular complexity index is 359. The summed E-state index contributed by atoms with van der Waals surface area (Å²) in [6.45, 7) is 0. The van der Waals surface area contributed by atoms with E-state index in [4.69, 9.17) is 9.47 Å². The Morgan fingerprint density at radius 2 is 1.86 bits per heavy atom. The van der Waals surface area contributed by atoms with E-state index in [1.54, 1.807) is 0 Å². The van der Waals surface area contributed by atoms with Crippen molar-refractivity contribution < 1.29 is 24.5 Å². The Labute approximate surface area is 80.5 Å². The van der Waals surface area contributed by atoms with Crippen molar-refractivity contribution >= 4 is 6.29 Å². The lowest BCUT2D eigenvalue weighted by Crippen LogP contribution is -1.93. The lowest BCUT2D eigenvalue weighted by molar-refractivity contribution is 0.111. The van der Waals surface area contributed by atoms with Crippen LogP contribution in [0.2, 0.25) is 0 Å². The van der Waals surface area contributed by atoms with E-state index in [2.05, 4.69) is 0 Å². The standard InChI is InChI=1S/C9H10O5/c1-13-6-3-5(4-10)7(11)8(12)9(6)14-2/h3-4,11-12H,1-2H3. The summed E-state index contributed by atoms with van der Waals surface area (Å²) in [6, 6.07) is 1.28. The number of hydrogen-bond donors (Lipinski definition) is 2. The molecule has 1 aromatic rings. The average molecular weight is 198 g/mol. The molecule has 5 nitrogen and oxygen atoms in total. The Balaban J connectivity index is 3.45. The van der Waals surface area contributed by atoms with E-state index >= 15 is 0 Å². The van der Waals surface area contributed by atoms with Crippen molar-refractivity contribution in [1.82, 2.24) is 0 Å². The first kappa shape index (κ1) is 10.2. The molecule has 0 fully saturated rings. The van der Waals surface area contributed by atoms with Gasteiger partial charge in [0.25, 0.3) is 0 Å². The van der Waals surface area contributed by atoms with Crippen LogP contribution in [0.3, 0.4) is 0 Å². The lowest BCUT2D eigenvalue weighted by atomic mass is 10.1. The van der Waals surface area contributed by atoms with Gasteiger partial charge in [-0.3, -0.25) is 4.79 Å². The molecular formula is C9H10O5. The van der Waals surface area contributed by atoms with Crippen molar-refractivity contribution in [2.24, 2.45) is 0 Å². The van der Waals surface area contributed by atoms with E-state index < -0.39 is 11.5 Å². The van der Waals surface area contributed by atoms with Gasteiger partial charge in [-0.15, -0.1) is 0 Å². The van der Waals surface area contributed by atoms with Crippen LogP contribution in [0.5, 0.6) is 23.0 Å². The van der Waals surface area contributed by atoms with E-state index in [9.17, 15) is 15.0 Å². The predicted octanol–water partition coefficient (Wildman–Crippen LogP) is 0.927. The number of carbonyl (C=O) groups is 1. The van der Waals surface area contributed by atoms with Crippen LogP contribution in [0.25, 0.3) is 0 Å². The molecule has 0 spiro atoms. The SMILES string of the molecule is COc1cc(C=O)c(O)c(O)c1OC. The topological polar surface area (TPSA) is 76.0 Å². The summed E-state index contributed by atoms with van der Waals surface area (Å²) in [5.74, 6) is -0.841. The third-order valence-corrected chi connectivity index (χ3v) is 1.77. The maximum absolute atomic E-state index is 10.5. The van der Waals surface area contributed by atoms with Crippen LogP contribution >= 0.6 is 0 Å². The summed E-state index contributed by atoms with van der Waals surface area (Å²) < 4.78 is 9.66. The molecule has 0 unspecified atom stereocenters. The van der Waals surface area contributed by atoms with Gasteiger partial charge in [0.05, 0.1) is 19.8 Å². The fourth-order valence-corrected chi connectivity index (χ4v) is 1.07. The first-order valence-electron chi connectivity index (χ1n) is 3.77. The molecule has 2 N–H and O–H groups in total. The summed E-state index contributed by atoms with van der Waals surface area (Å²) in [5, 5.41) is 18.7. The zero-order valence-electron chi connectivity index (χ0n) is 7.77. The van der Waals surface area contributed by atoms with Crippen molar-refractivity contribution in [3.8, 4) is 23.0 Å². The highest BCUT2D eigenvalue weighted by atomic mass is 16.5. The molecule has 0 aromatic heterocycles. The Morgan fingerprint density at radius 3 is 2.29 bits per heavy atom. The fraction of sp³-hybridized carbons (Fsp3) is 0.222. The number of carbonyl (C=O) groups excluding carboxylic acids is 1. The maximum Gasteiger partial charge on any atom is 0.207 e. The van der Waals surface area contributed by atoms with Gasteiger partial charge >= 0.3 is 0 Å². The molecule has 0 amide bonds. The molecule has 14 heavy (non-hydrogen) atoms. The second-order valence-corrected chi connectivity index (χ2v) is 2.52. The van der Waals surface area contributed by atoms with Crippen LogP contribution in [0, 0.1) is 0 Å². The minimum absolute atomic E-state index is 0.00407. The van der Waals surface area contributed by atoms with Gasteiger partial charge in [0, 0.05) is 0 Å². The number of aromatic hydroxyl groups is 2. The summed E-state index contributed by atoms with van der Waals surface area (Å²) in [6.07, 6.45) is 0.414. The van der Waals surface area contributed by atoms with Crippen molar-refractivity contribution in [2.75, 3.05) is 14.2 Å². The van der Waals surface area contributed by atoms with Crippen molar-refractivity contribution in [1.29, 1.82) is 0 Å². The lowest BCUT2D eigenvalue weighted by Gasteiger charge is -2.11. The van der Waals surface area contributed by atoms with E-state index in [0.29, 0.717) is 6.29 Å². The van der Waals surface area contributed by atoms with Gasteiger partial charge in [-0.05, 0) is 6.07 Å². The van der Waals surface area contributed by atoms with Gasteiger partial charge in [-0.1, -0.05) is 0 Å². The Kier molecular flexibility index (Phi) is 2.81. The van der Waals surface area contributed by atoms with Crippen molar-refractivity contribution in [3.05, 3.63) is 11.6 Å². The molecule has 0 aliphatic rings. The summed E-state index contributed by atoms with van der Waals surface area (Å²) in [7, 11) is 2.68. The first-order valence-corrected chi connectivity index (χ1v) is 3.77. The van der Waals surface area contributed by atoms with Crippen molar-refractivity contribution in [2.45, 2.75) is 0 Å². The number of phenols is 2. The average Bonchev–Trinajstić information content (AvgIpc) is 2.21. The largest absolute Gasteiger partial charge is 0.504 e. The van der Waals surface area contributed by atoms with E-state index in [0.717, 1.165) is 0 Å². The zero-order valence-corrected chi connectivity index (χ0v) is 7.77. The van der Waals surface area contributed by atoms with Gasteiger partial charge in [0.1, 0.15) is 0 Å². The number of benzene rings is 1. The molecule has 1 aromatic carbocycles. The highest BCUT2D eigenvalue weighted by Crippen LogP contribution is 2.44. The van der Waals surface area contributed by atoms with Gasteiger partial charge in [0.15, 0.2) is 17.8 Å². The van der Waals surface area contributed by atoms with Gasteiger partial charge in [-0.2, -0.15) is 0 Å². The molecule has 0 saturated carbocycles. The normalized spacial score (nSPS) is 9.57. The molecule has 76 valence electrons. The summed E-state index contributed by atoms with van der Waals surface area (Å²) in [5.41, 5.74) is -0.0554. The first-order chi connectivity index (χ1) is 6.65. The number of aldehydes is 1. The number of ether oxygens (including phenoxy) is 2. The van der Waals surface area contributed by atoms with Crippen LogP contribution in [0.15, 0.2) is 6.07 Å². The molecule has 0 radical (unpaired) electrons. The molecule has 0 atom stereocenters. The second kappa shape index (κ2) is 3.87. The monoisotopic (exact) mass is 198 g/mol. The quantitative estimate of drug-likeness (QED) is 0.558. The van der Waals surface area contributed by atoms with Crippen molar-refractivity contribution in [3.63, 3.8) is 0 Å². The van der Waals surface area contributed by atoms with E-state index in [1.807, 2.05) is 0 Å². The molecular weight excluding hydrogens is 188 g/mol. The second-order valence-electron chi connectivity index (χ2n) is 2.52. The molecule has 1 rings (SSSR count). The molecule has 0 bridgehead atoms. The fourth-order valence-electron chi connectivity index (χ4n) is 1.07. The smallest absolute Gasteiger partial charge is 0.207 e. The van der Waals surface area contributed by atoms with Crippen LogP contribution in [0.1, 0.15) is 10.4 Å². The Morgan fingerprint density at radius 1 is 1.21 bits per heavy atom. The predicted molar refractivity (Wildman–Crippen MR) is 48.3 cm³/mol. The minimum atomic E-state index is -0.516. The van der Waals surface area contributed by atoms with Crippen LogP contribution < -0.4 is 9.47 Å². The number of hydrogen-bond acceptors (Lipinski definition) is 5. The van der Waals surface area contributed by atoms with E-state index in [1.165, 1.54) is 20.3 Å². The van der Waals surface area contributed by atoms with E-state index in [-0.39, 0.29) is 17.1 Å². The highest BCUT2D eigenvalue weighted by Gasteiger charge is 2.17. The highest BCUT2D eigenvalue weighted by molar-refractivity contribution is 5.83. The number of phenolic OH excluding ortho intramolecular Hbond substituents is 2. The van der Waals surface area contributed by atoms with Crippen LogP contribution in [-0.4, -0.2) is 30.7 Å². The molecule has 0 aliphatic heterocycles. The van der Waals surface area contributed by atoms with Crippen LogP contribution in [0.4, 0.5) is 0 Å². The minimum Gasteiger partial charge on any atom is -0.504 e.